The molecule has 5 heteroatoms. The lowest BCUT2D eigenvalue weighted by Gasteiger charge is -2.44. The van der Waals surface area contributed by atoms with Crippen LogP contribution in [0.3, 0.4) is 0 Å². The van der Waals surface area contributed by atoms with Gasteiger partial charge in [-0.2, -0.15) is 13.2 Å². The summed E-state index contributed by atoms with van der Waals surface area (Å²) >= 11 is 0. The van der Waals surface area contributed by atoms with Crippen LogP contribution in [-0.4, -0.2) is 18.7 Å². The molecule has 1 aliphatic heterocycles. The second-order valence-electron chi connectivity index (χ2n) is 6.10. The first kappa shape index (κ1) is 14.9. The molecule has 1 saturated carbocycles. The third-order valence-electron chi connectivity index (χ3n) is 4.52. The van der Waals surface area contributed by atoms with Crippen LogP contribution in [0.4, 0.5) is 13.2 Å². The standard InChI is InChI=1S/C16H20F3NO/c17-16(18,19)13-6-4-5-12(9-13)14-10-20-11-15(21-14)7-2-1-3-8-15/h4-6,9,14,20H,1-3,7-8,10-11H2. The highest BCUT2D eigenvalue weighted by atomic mass is 19.4. The Kier molecular flexibility index (Phi) is 3.97. The van der Waals surface area contributed by atoms with Gasteiger partial charge in [-0.15, -0.1) is 0 Å². The number of rotatable bonds is 1. The fraction of sp³-hybridized carbons (Fsp3) is 0.625. The normalized spacial score (nSPS) is 26.0. The van der Waals surface area contributed by atoms with Gasteiger partial charge in [0.05, 0.1) is 17.3 Å². The van der Waals surface area contributed by atoms with Gasteiger partial charge >= 0.3 is 6.18 Å². The lowest BCUT2D eigenvalue weighted by atomic mass is 9.83. The Hall–Kier alpha value is -1.07. The van der Waals surface area contributed by atoms with Gasteiger partial charge in [0.25, 0.3) is 0 Å². The minimum atomic E-state index is -4.30. The van der Waals surface area contributed by atoms with Crippen molar-refractivity contribution in [2.45, 2.75) is 50.0 Å². The van der Waals surface area contributed by atoms with Crippen LogP contribution in [0, 0.1) is 0 Å². The third-order valence-corrected chi connectivity index (χ3v) is 4.52. The Balaban J connectivity index is 1.80. The number of ether oxygens (including phenoxy) is 1. The lowest BCUT2D eigenvalue weighted by Crippen LogP contribution is -2.51. The number of alkyl halides is 3. The summed E-state index contributed by atoms with van der Waals surface area (Å²) < 4.78 is 44.7. The number of halogens is 3. The molecular weight excluding hydrogens is 279 g/mol. The molecule has 116 valence electrons. The molecule has 1 N–H and O–H groups in total. The zero-order chi connectivity index (χ0) is 14.9. The van der Waals surface area contributed by atoms with Crippen LogP contribution < -0.4 is 5.32 Å². The third kappa shape index (κ3) is 3.24. The van der Waals surface area contributed by atoms with Crippen LogP contribution >= 0.6 is 0 Å². The molecule has 2 nitrogen and oxygen atoms in total. The molecule has 1 spiro atoms. The van der Waals surface area contributed by atoms with Crippen molar-refractivity contribution in [1.29, 1.82) is 0 Å². The molecule has 21 heavy (non-hydrogen) atoms. The van der Waals surface area contributed by atoms with Crippen LogP contribution in [0.2, 0.25) is 0 Å². The van der Waals surface area contributed by atoms with E-state index in [9.17, 15) is 13.2 Å². The fourth-order valence-electron chi connectivity index (χ4n) is 3.41. The number of morpholine rings is 1. The Morgan fingerprint density at radius 3 is 2.62 bits per heavy atom. The van der Waals surface area contributed by atoms with E-state index in [-0.39, 0.29) is 11.7 Å². The van der Waals surface area contributed by atoms with E-state index < -0.39 is 11.7 Å². The molecule has 1 atom stereocenters. The summed E-state index contributed by atoms with van der Waals surface area (Å²) in [7, 11) is 0. The van der Waals surface area contributed by atoms with E-state index in [2.05, 4.69) is 5.32 Å². The molecule has 0 radical (unpaired) electrons. The van der Waals surface area contributed by atoms with Gasteiger partial charge in [0, 0.05) is 13.1 Å². The first-order chi connectivity index (χ1) is 9.99. The zero-order valence-corrected chi connectivity index (χ0v) is 11.9. The van der Waals surface area contributed by atoms with Gasteiger partial charge in [-0.25, -0.2) is 0 Å². The molecule has 1 aliphatic carbocycles. The molecule has 0 bridgehead atoms. The van der Waals surface area contributed by atoms with Crippen LogP contribution in [0.1, 0.15) is 49.3 Å². The molecular formula is C16H20F3NO. The summed E-state index contributed by atoms with van der Waals surface area (Å²) in [6.45, 7) is 1.38. The molecule has 1 unspecified atom stereocenters. The lowest BCUT2D eigenvalue weighted by molar-refractivity contribution is -0.140. The van der Waals surface area contributed by atoms with Crippen molar-refractivity contribution < 1.29 is 17.9 Å². The molecule has 3 rings (SSSR count). The van der Waals surface area contributed by atoms with E-state index in [1.165, 1.54) is 18.6 Å². The Bertz CT molecular complexity index is 489. The molecule has 0 amide bonds. The first-order valence-electron chi connectivity index (χ1n) is 7.54. The molecule has 1 aromatic carbocycles. The Labute approximate surface area is 122 Å². The minimum Gasteiger partial charge on any atom is -0.364 e. The Morgan fingerprint density at radius 1 is 1.14 bits per heavy atom. The van der Waals surface area contributed by atoms with Crippen molar-refractivity contribution in [3.05, 3.63) is 35.4 Å². The van der Waals surface area contributed by atoms with Gasteiger partial charge in [-0.1, -0.05) is 31.4 Å². The summed E-state index contributed by atoms with van der Waals surface area (Å²) in [5.74, 6) is 0. The highest BCUT2D eigenvalue weighted by molar-refractivity contribution is 5.28. The van der Waals surface area contributed by atoms with Gasteiger partial charge in [0.2, 0.25) is 0 Å². The second-order valence-corrected chi connectivity index (χ2v) is 6.10. The molecule has 1 heterocycles. The van der Waals surface area contributed by atoms with Gasteiger partial charge in [-0.3, -0.25) is 0 Å². The van der Waals surface area contributed by atoms with E-state index in [1.54, 1.807) is 6.07 Å². The Morgan fingerprint density at radius 2 is 1.90 bits per heavy atom. The van der Waals surface area contributed by atoms with E-state index in [0.29, 0.717) is 12.1 Å². The topological polar surface area (TPSA) is 21.3 Å². The molecule has 2 fully saturated rings. The van der Waals surface area contributed by atoms with E-state index in [1.807, 2.05) is 0 Å². The average molecular weight is 299 g/mol. The smallest absolute Gasteiger partial charge is 0.364 e. The highest BCUT2D eigenvalue weighted by Gasteiger charge is 2.39. The summed E-state index contributed by atoms with van der Waals surface area (Å²) in [6.07, 6.45) is 0.887. The molecule has 0 aromatic heterocycles. The molecule has 2 aliphatic rings. The number of benzene rings is 1. The van der Waals surface area contributed by atoms with Gasteiger partial charge in [0.15, 0.2) is 0 Å². The SMILES string of the molecule is FC(F)(F)c1cccc(C2CNCC3(CCCCC3)O2)c1. The van der Waals surface area contributed by atoms with E-state index >= 15 is 0 Å². The van der Waals surface area contributed by atoms with Crippen molar-refractivity contribution in [2.75, 3.05) is 13.1 Å². The van der Waals surface area contributed by atoms with Crippen molar-refractivity contribution >= 4 is 0 Å². The maximum Gasteiger partial charge on any atom is 0.416 e. The van der Waals surface area contributed by atoms with Crippen molar-refractivity contribution in [1.82, 2.24) is 5.32 Å². The van der Waals surface area contributed by atoms with Gasteiger partial charge in [-0.05, 0) is 30.5 Å². The summed E-state index contributed by atoms with van der Waals surface area (Å²) in [5, 5.41) is 3.35. The molecule has 1 aromatic rings. The van der Waals surface area contributed by atoms with Crippen molar-refractivity contribution in [3.8, 4) is 0 Å². The maximum absolute atomic E-state index is 12.8. The predicted molar refractivity (Wildman–Crippen MR) is 74.0 cm³/mol. The monoisotopic (exact) mass is 299 g/mol. The van der Waals surface area contributed by atoms with Crippen LogP contribution in [0.5, 0.6) is 0 Å². The highest BCUT2D eigenvalue weighted by Crippen LogP contribution is 2.39. The van der Waals surface area contributed by atoms with Crippen LogP contribution in [-0.2, 0) is 10.9 Å². The van der Waals surface area contributed by atoms with Crippen LogP contribution in [0.25, 0.3) is 0 Å². The summed E-state index contributed by atoms with van der Waals surface area (Å²) in [6, 6.07) is 5.51. The van der Waals surface area contributed by atoms with Crippen molar-refractivity contribution in [3.63, 3.8) is 0 Å². The first-order valence-corrected chi connectivity index (χ1v) is 7.54. The number of nitrogens with one attached hydrogen (secondary N) is 1. The predicted octanol–water partition coefficient (Wildman–Crippen LogP) is 4.07. The largest absolute Gasteiger partial charge is 0.416 e. The number of hydrogen-bond donors (Lipinski definition) is 1. The van der Waals surface area contributed by atoms with E-state index in [4.69, 9.17) is 4.74 Å². The minimum absolute atomic E-state index is 0.185. The molecule has 1 saturated heterocycles. The van der Waals surface area contributed by atoms with Crippen molar-refractivity contribution in [2.24, 2.45) is 0 Å². The number of hydrogen-bond acceptors (Lipinski definition) is 2. The average Bonchev–Trinajstić information content (AvgIpc) is 2.47. The van der Waals surface area contributed by atoms with E-state index in [0.717, 1.165) is 38.3 Å². The quantitative estimate of drug-likeness (QED) is 0.844. The summed E-state index contributed by atoms with van der Waals surface area (Å²) in [5.41, 5.74) is -0.177. The van der Waals surface area contributed by atoms with Crippen LogP contribution in [0.15, 0.2) is 24.3 Å². The fourth-order valence-corrected chi connectivity index (χ4v) is 3.41. The zero-order valence-electron chi connectivity index (χ0n) is 11.9. The second kappa shape index (κ2) is 5.61. The van der Waals surface area contributed by atoms with Gasteiger partial charge < -0.3 is 10.1 Å². The maximum atomic E-state index is 12.8. The van der Waals surface area contributed by atoms with Gasteiger partial charge in [0.1, 0.15) is 0 Å². The summed E-state index contributed by atoms with van der Waals surface area (Å²) in [4.78, 5) is 0.